The fraction of sp³-hybridized carbons (Fsp3) is 0.231. The predicted molar refractivity (Wildman–Crippen MR) is 128 cm³/mol. The number of carbonyl (C=O) groups excluding carboxylic acids is 1. The van der Waals surface area contributed by atoms with Crippen molar-refractivity contribution in [1.82, 2.24) is 14.5 Å². The fourth-order valence-corrected chi connectivity index (χ4v) is 3.94. The van der Waals surface area contributed by atoms with Gasteiger partial charge < -0.3 is 15.0 Å². The van der Waals surface area contributed by atoms with Gasteiger partial charge in [-0.3, -0.25) is 9.69 Å². The number of imidazole rings is 1. The molecule has 0 aliphatic carbocycles. The third kappa shape index (κ3) is 6.03. The van der Waals surface area contributed by atoms with Crippen molar-refractivity contribution in [2.75, 3.05) is 31.6 Å². The Morgan fingerprint density at radius 1 is 1.06 bits per heavy atom. The first-order valence-electron chi connectivity index (χ1n) is 11.0. The van der Waals surface area contributed by atoms with Crippen molar-refractivity contribution in [3.05, 3.63) is 96.3 Å². The Balaban J connectivity index is 1.37. The highest BCUT2D eigenvalue weighted by Crippen LogP contribution is 2.22. The molecule has 0 radical (unpaired) electrons. The van der Waals surface area contributed by atoms with Crippen LogP contribution in [0, 0.1) is 5.82 Å². The van der Waals surface area contributed by atoms with Gasteiger partial charge in [0.15, 0.2) is 0 Å². The van der Waals surface area contributed by atoms with Gasteiger partial charge in [-0.2, -0.15) is 0 Å². The smallest absolute Gasteiger partial charge is 0.238 e. The molecule has 4 rings (SSSR count). The molecule has 0 saturated heterocycles. The Morgan fingerprint density at radius 3 is 2.73 bits per heavy atom. The van der Waals surface area contributed by atoms with Crippen LogP contribution in [0.5, 0.6) is 0 Å². The molecular formula is C26H27FN4O2. The van der Waals surface area contributed by atoms with E-state index in [-0.39, 0.29) is 24.9 Å². The van der Waals surface area contributed by atoms with Crippen LogP contribution >= 0.6 is 0 Å². The summed E-state index contributed by atoms with van der Waals surface area (Å²) in [6, 6.07) is 20.3. The van der Waals surface area contributed by atoms with Crippen molar-refractivity contribution in [3.63, 3.8) is 0 Å². The second kappa shape index (κ2) is 10.8. The molecule has 7 heteroatoms. The lowest BCUT2D eigenvalue weighted by atomic mass is 10.1. The van der Waals surface area contributed by atoms with Crippen molar-refractivity contribution >= 4 is 22.4 Å². The third-order valence-electron chi connectivity index (χ3n) is 5.58. The first-order valence-corrected chi connectivity index (χ1v) is 11.0. The number of carbonyl (C=O) groups is 1. The summed E-state index contributed by atoms with van der Waals surface area (Å²) in [6.45, 7) is 1.68. The molecule has 0 bridgehead atoms. The zero-order chi connectivity index (χ0) is 23.0. The molecule has 170 valence electrons. The minimum atomic E-state index is -0.259. The van der Waals surface area contributed by atoms with Crippen LogP contribution in [0.15, 0.2) is 79.3 Å². The fourth-order valence-electron chi connectivity index (χ4n) is 3.94. The molecule has 0 unspecified atom stereocenters. The monoisotopic (exact) mass is 446 g/mol. The standard InChI is InChI=1S/C26H27FN4O2/c27-22-8-3-5-20(15-22)16-23-17-28-19-31(23)12-11-30(13-14-32)18-26(33)29-25-10-4-7-21-6-1-2-9-24(21)25/h1-10,15,17,19,32H,11-14,16,18H2,(H,29,33). The van der Waals surface area contributed by atoms with Gasteiger partial charge in [-0.25, -0.2) is 9.37 Å². The Bertz CT molecular complexity index is 1220. The van der Waals surface area contributed by atoms with Crippen LogP contribution in [0.4, 0.5) is 10.1 Å². The molecule has 1 heterocycles. The molecule has 6 nitrogen and oxygen atoms in total. The van der Waals surface area contributed by atoms with Crippen LogP contribution in [0.25, 0.3) is 10.8 Å². The summed E-state index contributed by atoms with van der Waals surface area (Å²) in [7, 11) is 0. The maximum absolute atomic E-state index is 13.5. The van der Waals surface area contributed by atoms with E-state index < -0.39 is 0 Å². The molecule has 0 atom stereocenters. The number of anilines is 1. The molecule has 1 aromatic heterocycles. The molecule has 3 aromatic carbocycles. The normalized spacial score (nSPS) is 11.2. The lowest BCUT2D eigenvalue weighted by molar-refractivity contribution is -0.117. The number of hydrogen-bond acceptors (Lipinski definition) is 4. The van der Waals surface area contributed by atoms with E-state index >= 15 is 0 Å². The van der Waals surface area contributed by atoms with Crippen LogP contribution in [0.1, 0.15) is 11.3 Å². The summed E-state index contributed by atoms with van der Waals surface area (Å²) in [4.78, 5) is 18.9. The number of hydrogen-bond donors (Lipinski definition) is 2. The summed E-state index contributed by atoms with van der Waals surface area (Å²) in [5.74, 6) is -0.393. The predicted octanol–water partition coefficient (Wildman–Crippen LogP) is 3.70. The van der Waals surface area contributed by atoms with Crippen LogP contribution in [0.3, 0.4) is 0 Å². The van der Waals surface area contributed by atoms with E-state index in [2.05, 4.69) is 10.3 Å². The van der Waals surface area contributed by atoms with Gasteiger partial charge in [0.05, 0.1) is 19.5 Å². The number of rotatable bonds is 10. The van der Waals surface area contributed by atoms with E-state index in [1.807, 2.05) is 58.0 Å². The number of benzene rings is 3. The number of aliphatic hydroxyl groups excluding tert-OH is 1. The number of aliphatic hydroxyl groups is 1. The average molecular weight is 447 g/mol. The maximum atomic E-state index is 13.5. The highest BCUT2D eigenvalue weighted by atomic mass is 19.1. The van der Waals surface area contributed by atoms with Crippen LogP contribution in [-0.4, -0.2) is 51.7 Å². The lowest BCUT2D eigenvalue weighted by Crippen LogP contribution is -2.37. The average Bonchev–Trinajstić information content (AvgIpc) is 3.25. The number of amides is 1. The number of nitrogens with one attached hydrogen (secondary N) is 1. The molecule has 0 aliphatic rings. The molecule has 4 aromatic rings. The Labute approximate surface area is 192 Å². The van der Waals surface area contributed by atoms with E-state index in [1.165, 1.54) is 12.1 Å². The maximum Gasteiger partial charge on any atom is 0.238 e. The number of halogens is 1. The van der Waals surface area contributed by atoms with Crippen molar-refractivity contribution < 1.29 is 14.3 Å². The van der Waals surface area contributed by atoms with Gasteiger partial charge in [-0.1, -0.05) is 48.5 Å². The Kier molecular flexibility index (Phi) is 7.44. The molecule has 1 amide bonds. The van der Waals surface area contributed by atoms with Gasteiger partial charge in [0.1, 0.15) is 5.82 Å². The van der Waals surface area contributed by atoms with E-state index in [4.69, 9.17) is 0 Å². The van der Waals surface area contributed by atoms with E-state index in [9.17, 15) is 14.3 Å². The van der Waals surface area contributed by atoms with E-state index in [0.717, 1.165) is 27.7 Å². The summed E-state index contributed by atoms with van der Waals surface area (Å²) < 4.78 is 15.5. The summed E-state index contributed by atoms with van der Waals surface area (Å²) in [5.41, 5.74) is 2.61. The molecule has 2 N–H and O–H groups in total. The molecular weight excluding hydrogens is 419 g/mol. The zero-order valence-electron chi connectivity index (χ0n) is 18.3. The summed E-state index contributed by atoms with van der Waals surface area (Å²) >= 11 is 0. The highest BCUT2D eigenvalue weighted by molar-refractivity contribution is 6.02. The zero-order valence-corrected chi connectivity index (χ0v) is 18.3. The van der Waals surface area contributed by atoms with E-state index in [0.29, 0.717) is 26.1 Å². The minimum absolute atomic E-state index is 0.0401. The van der Waals surface area contributed by atoms with Gasteiger partial charge in [-0.05, 0) is 29.1 Å². The molecule has 0 spiro atoms. The van der Waals surface area contributed by atoms with Gasteiger partial charge in [-0.15, -0.1) is 0 Å². The SMILES string of the molecule is O=C(CN(CCO)CCn1cncc1Cc1cccc(F)c1)Nc1cccc2ccccc12. The second-order valence-electron chi connectivity index (χ2n) is 7.96. The van der Waals surface area contributed by atoms with Crippen LogP contribution < -0.4 is 5.32 Å². The number of fused-ring (bicyclic) bond motifs is 1. The van der Waals surface area contributed by atoms with Crippen LogP contribution in [0.2, 0.25) is 0 Å². The van der Waals surface area contributed by atoms with Gasteiger partial charge in [0.25, 0.3) is 0 Å². The molecule has 33 heavy (non-hydrogen) atoms. The molecule has 0 fully saturated rings. The van der Waals surface area contributed by atoms with Gasteiger partial charge in [0.2, 0.25) is 5.91 Å². The largest absolute Gasteiger partial charge is 0.395 e. The molecule has 0 saturated carbocycles. The minimum Gasteiger partial charge on any atom is -0.395 e. The number of nitrogens with zero attached hydrogens (tertiary/aromatic N) is 3. The van der Waals surface area contributed by atoms with Gasteiger partial charge in [0, 0.05) is 49.0 Å². The topological polar surface area (TPSA) is 70.4 Å². The second-order valence-corrected chi connectivity index (χ2v) is 7.96. The van der Waals surface area contributed by atoms with Crippen molar-refractivity contribution in [2.45, 2.75) is 13.0 Å². The van der Waals surface area contributed by atoms with Crippen molar-refractivity contribution in [2.24, 2.45) is 0 Å². The third-order valence-corrected chi connectivity index (χ3v) is 5.58. The van der Waals surface area contributed by atoms with Crippen molar-refractivity contribution in [1.29, 1.82) is 0 Å². The number of aromatic nitrogens is 2. The highest BCUT2D eigenvalue weighted by Gasteiger charge is 2.13. The Morgan fingerprint density at radius 2 is 1.88 bits per heavy atom. The molecule has 0 aliphatic heterocycles. The summed E-state index contributed by atoms with van der Waals surface area (Å²) in [6.07, 6.45) is 4.08. The quantitative estimate of drug-likeness (QED) is 0.390. The lowest BCUT2D eigenvalue weighted by Gasteiger charge is -2.22. The summed E-state index contributed by atoms with van der Waals surface area (Å²) in [5, 5.41) is 14.5. The van der Waals surface area contributed by atoms with E-state index in [1.54, 1.807) is 18.6 Å². The van der Waals surface area contributed by atoms with Crippen molar-refractivity contribution in [3.8, 4) is 0 Å². The van der Waals surface area contributed by atoms with Crippen LogP contribution in [-0.2, 0) is 17.8 Å². The van der Waals surface area contributed by atoms with Gasteiger partial charge >= 0.3 is 0 Å². The Hall–Kier alpha value is -3.55. The first kappa shape index (κ1) is 22.6. The first-order chi connectivity index (χ1) is 16.1.